The molecule has 3 nitrogen and oxygen atoms in total. The second-order valence-corrected chi connectivity index (χ2v) is 5.66. The molecule has 1 amide bonds. The van der Waals surface area contributed by atoms with Crippen molar-refractivity contribution in [3.63, 3.8) is 0 Å². The number of carbonyl (C=O) groups is 1. The van der Waals surface area contributed by atoms with Gasteiger partial charge in [-0.15, -0.1) is 0 Å². The minimum Gasteiger partial charge on any atom is -0.360 e. The van der Waals surface area contributed by atoms with Gasteiger partial charge in [-0.3, -0.25) is 4.79 Å². The number of ether oxygens (including phenoxy) is 1. The van der Waals surface area contributed by atoms with Gasteiger partial charge in [-0.1, -0.05) is 27.2 Å². The molecule has 1 spiro atoms. The van der Waals surface area contributed by atoms with Crippen molar-refractivity contribution in [2.45, 2.75) is 58.2 Å². The van der Waals surface area contributed by atoms with Crippen LogP contribution in [0.5, 0.6) is 0 Å². The van der Waals surface area contributed by atoms with E-state index in [1.807, 2.05) is 0 Å². The molecule has 3 heteroatoms. The molecule has 2 rings (SSSR count). The Labute approximate surface area is 97.9 Å². The summed E-state index contributed by atoms with van der Waals surface area (Å²) in [5.41, 5.74) is -0.423. The van der Waals surface area contributed by atoms with Gasteiger partial charge < -0.3 is 10.1 Å². The van der Waals surface area contributed by atoms with Gasteiger partial charge in [-0.25, -0.2) is 0 Å². The highest BCUT2D eigenvalue weighted by Crippen LogP contribution is 2.44. The summed E-state index contributed by atoms with van der Waals surface area (Å²) in [6.45, 7) is 7.41. The Morgan fingerprint density at radius 2 is 2.19 bits per heavy atom. The van der Waals surface area contributed by atoms with Crippen molar-refractivity contribution in [2.24, 2.45) is 11.8 Å². The van der Waals surface area contributed by atoms with Crippen LogP contribution in [0.15, 0.2) is 0 Å². The fourth-order valence-electron chi connectivity index (χ4n) is 2.65. The molecule has 1 N–H and O–H groups in total. The first kappa shape index (κ1) is 11.9. The maximum absolute atomic E-state index is 11.6. The molecule has 0 aromatic rings. The van der Waals surface area contributed by atoms with E-state index in [4.69, 9.17) is 4.74 Å². The lowest BCUT2D eigenvalue weighted by atomic mass is 9.89. The van der Waals surface area contributed by atoms with E-state index in [0.717, 1.165) is 19.3 Å². The summed E-state index contributed by atoms with van der Waals surface area (Å²) in [6, 6.07) is 0. The molecule has 16 heavy (non-hydrogen) atoms. The Bertz CT molecular complexity index is 271. The number of rotatable bonds is 4. The monoisotopic (exact) mass is 225 g/mol. The maximum atomic E-state index is 11.6. The molecule has 1 heterocycles. The Morgan fingerprint density at radius 1 is 1.50 bits per heavy atom. The molecule has 92 valence electrons. The quantitative estimate of drug-likeness (QED) is 0.795. The summed E-state index contributed by atoms with van der Waals surface area (Å²) in [6.07, 6.45) is 4.37. The molecule has 2 fully saturated rings. The summed E-state index contributed by atoms with van der Waals surface area (Å²) >= 11 is 0. The smallest absolute Gasteiger partial charge is 0.252 e. The number of hydrogen-bond donors (Lipinski definition) is 1. The third kappa shape index (κ3) is 2.24. The molecular formula is C13H23NO2. The van der Waals surface area contributed by atoms with Crippen molar-refractivity contribution in [3.05, 3.63) is 0 Å². The first-order chi connectivity index (χ1) is 7.57. The van der Waals surface area contributed by atoms with Crippen LogP contribution in [0.4, 0.5) is 0 Å². The van der Waals surface area contributed by atoms with Gasteiger partial charge in [0.05, 0.1) is 6.10 Å². The molecule has 1 aliphatic heterocycles. The zero-order chi connectivity index (χ0) is 11.8. The maximum Gasteiger partial charge on any atom is 0.252 e. The topological polar surface area (TPSA) is 38.3 Å². The van der Waals surface area contributed by atoms with Gasteiger partial charge in [-0.2, -0.15) is 0 Å². The summed E-state index contributed by atoms with van der Waals surface area (Å²) in [5, 5.41) is 3.01. The second kappa shape index (κ2) is 4.36. The Balaban J connectivity index is 1.96. The summed E-state index contributed by atoms with van der Waals surface area (Å²) in [7, 11) is 0. The minimum absolute atomic E-state index is 0.114. The van der Waals surface area contributed by atoms with Gasteiger partial charge >= 0.3 is 0 Å². The van der Waals surface area contributed by atoms with E-state index in [9.17, 15) is 4.79 Å². The lowest BCUT2D eigenvalue weighted by Crippen LogP contribution is -2.53. The third-order valence-corrected chi connectivity index (χ3v) is 3.78. The van der Waals surface area contributed by atoms with Gasteiger partial charge in [0.2, 0.25) is 0 Å². The average molecular weight is 225 g/mol. The summed E-state index contributed by atoms with van der Waals surface area (Å²) in [4.78, 5) is 11.6. The number of hydrogen-bond acceptors (Lipinski definition) is 2. The van der Waals surface area contributed by atoms with Crippen LogP contribution in [0.2, 0.25) is 0 Å². The number of carbonyl (C=O) groups excluding carboxylic acids is 1. The van der Waals surface area contributed by atoms with E-state index in [1.165, 1.54) is 6.42 Å². The molecule has 1 saturated carbocycles. The van der Waals surface area contributed by atoms with Crippen LogP contribution < -0.4 is 5.32 Å². The Hall–Kier alpha value is -0.570. The third-order valence-electron chi connectivity index (χ3n) is 3.78. The molecule has 0 radical (unpaired) electrons. The largest absolute Gasteiger partial charge is 0.360 e. The molecule has 2 atom stereocenters. The van der Waals surface area contributed by atoms with Gasteiger partial charge in [0.1, 0.15) is 5.60 Å². The van der Waals surface area contributed by atoms with Crippen LogP contribution in [0.1, 0.15) is 46.5 Å². The van der Waals surface area contributed by atoms with Crippen LogP contribution in [-0.4, -0.2) is 24.2 Å². The van der Waals surface area contributed by atoms with E-state index in [2.05, 4.69) is 26.1 Å². The van der Waals surface area contributed by atoms with Crippen molar-refractivity contribution in [3.8, 4) is 0 Å². The highest BCUT2D eigenvalue weighted by atomic mass is 16.5. The first-order valence-corrected chi connectivity index (χ1v) is 6.53. The molecule has 1 aliphatic carbocycles. The van der Waals surface area contributed by atoms with Crippen LogP contribution in [0.25, 0.3) is 0 Å². The van der Waals surface area contributed by atoms with Crippen molar-refractivity contribution >= 4 is 5.91 Å². The Kier molecular flexibility index (Phi) is 3.24. The van der Waals surface area contributed by atoms with Crippen molar-refractivity contribution in [1.29, 1.82) is 0 Å². The minimum atomic E-state index is -0.423. The van der Waals surface area contributed by atoms with E-state index >= 15 is 0 Å². The van der Waals surface area contributed by atoms with E-state index in [0.29, 0.717) is 18.4 Å². The van der Waals surface area contributed by atoms with Crippen LogP contribution in [0, 0.1) is 11.8 Å². The summed E-state index contributed by atoms with van der Waals surface area (Å²) < 4.78 is 6.04. The SMILES string of the molecule is CCC(CC(C)C)C1CNC(=O)C2(CC2)O1. The highest BCUT2D eigenvalue weighted by molar-refractivity contribution is 5.88. The van der Waals surface area contributed by atoms with Crippen molar-refractivity contribution in [1.82, 2.24) is 5.32 Å². The van der Waals surface area contributed by atoms with Crippen LogP contribution >= 0.6 is 0 Å². The van der Waals surface area contributed by atoms with E-state index in [1.54, 1.807) is 0 Å². The van der Waals surface area contributed by atoms with Crippen molar-refractivity contribution < 1.29 is 9.53 Å². The zero-order valence-electron chi connectivity index (χ0n) is 10.6. The standard InChI is InChI=1S/C13H23NO2/c1-4-10(7-9(2)3)11-8-14-12(15)13(16-11)5-6-13/h9-11H,4-8H2,1-3H3,(H,14,15). The normalized spacial score (nSPS) is 29.2. The molecule has 0 aromatic heterocycles. The van der Waals surface area contributed by atoms with Crippen LogP contribution in [0.3, 0.4) is 0 Å². The number of morpholine rings is 1. The lowest BCUT2D eigenvalue weighted by Gasteiger charge is -2.35. The van der Waals surface area contributed by atoms with Crippen LogP contribution in [-0.2, 0) is 9.53 Å². The fourth-order valence-corrected chi connectivity index (χ4v) is 2.65. The predicted molar refractivity (Wildman–Crippen MR) is 63.1 cm³/mol. The van der Waals surface area contributed by atoms with E-state index < -0.39 is 5.60 Å². The zero-order valence-corrected chi connectivity index (χ0v) is 10.6. The number of nitrogens with one attached hydrogen (secondary N) is 1. The highest BCUT2D eigenvalue weighted by Gasteiger charge is 2.55. The summed E-state index contributed by atoms with van der Waals surface area (Å²) in [5.74, 6) is 1.39. The van der Waals surface area contributed by atoms with E-state index in [-0.39, 0.29) is 12.0 Å². The predicted octanol–water partition coefficient (Wildman–Crippen LogP) is 2.11. The van der Waals surface area contributed by atoms with Gasteiger partial charge in [0.25, 0.3) is 5.91 Å². The van der Waals surface area contributed by atoms with Crippen molar-refractivity contribution in [2.75, 3.05) is 6.54 Å². The van der Waals surface area contributed by atoms with Gasteiger partial charge in [0.15, 0.2) is 0 Å². The average Bonchev–Trinajstić information content (AvgIpc) is 3.00. The molecular weight excluding hydrogens is 202 g/mol. The fraction of sp³-hybridized carbons (Fsp3) is 0.923. The molecule has 2 aliphatic rings. The molecule has 0 aromatic carbocycles. The molecule has 2 unspecified atom stereocenters. The Morgan fingerprint density at radius 3 is 2.69 bits per heavy atom. The molecule has 0 bridgehead atoms. The van der Waals surface area contributed by atoms with Gasteiger partial charge in [0, 0.05) is 6.54 Å². The first-order valence-electron chi connectivity index (χ1n) is 6.53. The lowest BCUT2D eigenvalue weighted by molar-refractivity contribution is -0.154. The second-order valence-electron chi connectivity index (χ2n) is 5.66. The number of amides is 1. The molecule has 1 saturated heterocycles. The van der Waals surface area contributed by atoms with Gasteiger partial charge in [-0.05, 0) is 31.1 Å².